The molecule has 2 N–H and O–H groups in total. The van der Waals surface area contributed by atoms with Crippen molar-refractivity contribution in [2.75, 3.05) is 6.54 Å². The highest BCUT2D eigenvalue weighted by molar-refractivity contribution is 5.97. The van der Waals surface area contributed by atoms with Crippen molar-refractivity contribution in [3.05, 3.63) is 35.9 Å². The number of nitrogens with one attached hydrogen (secondary N) is 1. The maximum Gasteiger partial charge on any atom is 0.320 e. The van der Waals surface area contributed by atoms with E-state index in [0.717, 1.165) is 0 Å². The molecular formula is C14H19NO3. The predicted molar refractivity (Wildman–Crippen MR) is 69.7 cm³/mol. The Morgan fingerprint density at radius 3 is 2.33 bits per heavy atom. The van der Waals surface area contributed by atoms with E-state index in [4.69, 9.17) is 5.11 Å². The number of carbonyl (C=O) groups excluding carboxylic acids is 1. The SMILES string of the molecule is CC(C)C[C@H](NCC(=O)c1ccccc1)C(=O)O. The van der Waals surface area contributed by atoms with Crippen molar-refractivity contribution in [3.8, 4) is 0 Å². The number of hydrogen-bond acceptors (Lipinski definition) is 3. The van der Waals surface area contributed by atoms with E-state index in [1.807, 2.05) is 19.9 Å². The molecule has 98 valence electrons. The summed E-state index contributed by atoms with van der Waals surface area (Å²) < 4.78 is 0. The maximum atomic E-state index is 11.8. The molecule has 0 bridgehead atoms. The normalized spacial score (nSPS) is 12.4. The van der Waals surface area contributed by atoms with Crippen LogP contribution >= 0.6 is 0 Å². The Morgan fingerprint density at radius 2 is 1.83 bits per heavy atom. The molecular weight excluding hydrogens is 230 g/mol. The Kier molecular flexibility index (Phi) is 5.52. The monoisotopic (exact) mass is 249 g/mol. The van der Waals surface area contributed by atoms with Gasteiger partial charge in [-0.3, -0.25) is 14.9 Å². The van der Waals surface area contributed by atoms with Gasteiger partial charge in [0.05, 0.1) is 6.54 Å². The number of carboxylic acid groups (broad SMARTS) is 1. The molecule has 18 heavy (non-hydrogen) atoms. The number of carbonyl (C=O) groups is 2. The Balaban J connectivity index is 2.52. The minimum absolute atomic E-state index is 0.0493. The van der Waals surface area contributed by atoms with Crippen molar-refractivity contribution in [1.82, 2.24) is 5.32 Å². The van der Waals surface area contributed by atoms with Crippen molar-refractivity contribution < 1.29 is 14.7 Å². The van der Waals surface area contributed by atoms with E-state index in [1.54, 1.807) is 24.3 Å². The van der Waals surface area contributed by atoms with Gasteiger partial charge in [0.2, 0.25) is 0 Å². The van der Waals surface area contributed by atoms with Gasteiger partial charge in [0.15, 0.2) is 5.78 Å². The zero-order valence-corrected chi connectivity index (χ0v) is 10.7. The van der Waals surface area contributed by atoms with Gasteiger partial charge >= 0.3 is 5.97 Å². The zero-order chi connectivity index (χ0) is 13.5. The highest BCUT2D eigenvalue weighted by Crippen LogP contribution is 2.05. The quantitative estimate of drug-likeness (QED) is 0.725. The van der Waals surface area contributed by atoms with Gasteiger partial charge < -0.3 is 5.11 Å². The summed E-state index contributed by atoms with van der Waals surface area (Å²) in [6.07, 6.45) is 0.511. The first kappa shape index (κ1) is 14.4. The lowest BCUT2D eigenvalue weighted by Crippen LogP contribution is -2.40. The molecule has 1 aromatic rings. The van der Waals surface area contributed by atoms with Crippen LogP contribution in [0.15, 0.2) is 30.3 Å². The highest BCUT2D eigenvalue weighted by atomic mass is 16.4. The van der Waals surface area contributed by atoms with Crippen LogP contribution < -0.4 is 5.32 Å². The van der Waals surface area contributed by atoms with Crippen LogP contribution in [0.4, 0.5) is 0 Å². The van der Waals surface area contributed by atoms with Gasteiger partial charge in [-0.15, -0.1) is 0 Å². The molecule has 0 heterocycles. The van der Waals surface area contributed by atoms with Crippen molar-refractivity contribution in [2.45, 2.75) is 26.3 Å². The third-order valence-electron chi connectivity index (χ3n) is 2.61. The maximum absolute atomic E-state index is 11.8. The first-order chi connectivity index (χ1) is 8.50. The molecule has 0 fully saturated rings. The van der Waals surface area contributed by atoms with Gasteiger partial charge in [0.1, 0.15) is 6.04 Å². The number of hydrogen-bond donors (Lipinski definition) is 2. The van der Waals surface area contributed by atoms with E-state index < -0.39 is 12.0 Å². The van der Waals surface area contributed by atoms with Crippen LogP contribution in [0, 0.1) is 5.92 Å². The summed E-state index contributed by atoms with van der Waals surface area (Å²) in [5, 5.41) is 11.8. The molecule has 0 radical (unpaired) electrons. The largest absolute Gasteiger partial charge is 0.480 e. The summed E-state index contributed by atoms with van der Waals surface area (Å²) in [5.41, 5.74) is 0.596. The first-order valence-electron chi connectivity index (χ1n) is 6.05. The minimum Gasteiger partial charge on any atom is -0.480 e. The number of Topliss-reactive ketones (excluding diaryl/α,β-unsaturated/α-hetero) is 1. The molecule has 1 aromatic carbocycles. The van der Waals surface area contributed by atoms with Crippen LogP contribution in [0.25, 0.3) is 0 Å². The molecule has 0 spiro atoms. The fourth-order valence-electron chi connectivity index (χ4n) is 1.68. The van der Waals surface area contributed by atoms with Crippen molar-refractivity contribution >= 4 is 11.8 Å². The van der Waals surface area contributed by atoms with E-state index in [9.17, 15) is 9.59 Å². The fraction of sp³-hybridized carbons (Fsp3) is 0.429. The summed E-state index contributed by atoms with van der Waals surface area (Å²) in [6, 6.07) is 8.19. The van der Waals surface area contributed by atoms with Crippen LogP contribution in [-0.2, 0) is 4.79 Å². The summed E-state index contributed by atoms with van der Waals surface area (Å²) in [4.78, 5) is 22.8. The molecule has 0 aliphatic carbocycles. The Labute approximate surface area is 107 Å². The fourth-order valence-corrected chi connectivity index (χ4v) is 1.68. The first-order valence-corrected chi connectivity index (χ1v) is 6.05. The van der Waals surface area contributed by atoms with Gasteiger partial charge in [-0.2, -0.15) is 0 Å². The third-order valence-corrected chi connectivity index (χ3v) is 2.61. The second-order valence-electron chi connectivity index (χ2n) is 4.69. The number of ketones is 1. The average molecular weight is 249 g/mol. The third kappa shape index (κ3) is 4.67. The van der Waals surface area contributed by atoms with E-state index in [0.29, 0.717) is 12.0 Å². The number of benzene rings is 1. The van der Waals surface area contributed by atoms with Crippen LogP contribution in [-0.4, -0.2) is 29.4 Å². The molecule has 0 saturated heterocycles. The zero-order valence-electron chi connectivity index (χ0n) is 10.7. The van der Waals surface area contributed by atoms with Crippen LogP contribution in [0.3, 0.4) is 0 Å². The van der Waals surface area contributed by atoms with E-state index >= 15 is 0 Å². The van der Waals surface area contributed by atoms with Gasteiger partial charge in [0, 0.05) is 5.56 Å². The topological polar surface area (TPSA) is 66.4 Å². The molecule has 1 rings (SSSR count). The highest BCUT2D eigenvalue weighted by Gasteiger charge is 2.19. The molecule has 0 unspecified atom stereocenters. The van der Waals surface area contributed by atoms with Gasteiger partial charge in [-0.1, -0.05) is 44.2 Å². The number of carboxylic acids is 1. The summed E-state index contributed by atoms with van der Waals surface area (Å²) in [7, 11) is 0. The summed E-state index contributed by atoms with van der Waals surface area (Å²) >= 11 is 0. The van der Waals surface area contributed by atoms with Crippen molar-refractivity contribution in [2.24, 2.45) is 5.92 Å². The summed E-state index contributed by atoms with van der Waals surface area (Å²) in [6.45, 7) is 3.96. The Bertz CT molecular complexity index is 401. The second-order valence-corrected chi connectivity index (χ2v) is 4.69. The molecule has 1 atom stereocenters. The number of rotatable bonds is 7. The van der Waals surface area contributed by atoms with Crippen LogP contribution in [0.2, 0.25) is 0 Å². The molecule has 0 aliphatic heterocycles. The molecule has 0 aliphatic rings. The lowest BCUT2D eigenvalue weighted by molar-refractivity contribution is -0.139. The van der Waals surface area contributed by atoms with Crippen LogP contribution in [0.5, 0.6) is 0 Å². The molecule has 0 saturated carbocycles. The van der Waals surface area contributed by atoms with Gasteiger partial charge in [0.25, 0.3) is 0 Å². The van der Waals surface area contributed by atoms with E-state index in [-0.39, 0.29) is 18.2 Å². The van der Waals surface area contributed by atoms with Crippen LogP contribution in [0.1, 0.15) is 30.6 Å². The smallest absolute Gasteiger partial charge is 0.320 e. The Morgan fingerprint density at radius 1 is 1.22 bits per heavy atom. The molecule has 0 aromatic heterocycles. The number of aliphatic carboxylic acids is 1. The predicted octanol–water partition coefficient (Wildman–Crippen LogP) is 1.96. The molecule has 4 heteroatoms. The molecule has 0 amide bonds. The second kappa shape index (κ2) is 6.91. The van der Waals surface area contributed by atoms with E-state index in [1.165, 1.54) is 0 Å². The summed E-state index contributed by atoms with van der Waals surface area (Å²) in [5.74, 6) is -0.736. The van der Waals surface area contributed by atoms with E-state index in [2.05, 4.69) is 5.32 Å². The van der Waals surface area contributed by atoms with Gasteiger partial charge in [-0.25, -0.2) is 0 Å². The average Bonchev–Trinajstić information content (AvgIpc) is 2.34. The van der Waals surface area contributed by atoms with Gasteiger partial charge in [-0.05, 0) is 12.3 Å². The van der Waals surface area contributed by atoms with Crippen molar-refractivity contribution in [3.63, 3.8) is 0 Å². The lowest BCUT2D eigenvalue weighted by atomic mass is 10.0. The minimum atomic E-state index is -0.912. The lowest BCUT2D eigenvalue weighted by Gasteiger charge is -2.15. The Hall–Kier alpha value is -1.68. The molecule has 4 nitrogen and oxygen atoms in total. The standard InChI is InChI=1S/C14H19NO3/c1-10(2)8-12(14(17)18)15-9-13(16)11-6-4-3-5-7-11/h3-7,10,12,15H,8-9H2,1-2H3,(H,17,18)/t12-/m0/s1. The van der Waals surface area contributed by atoms with Crippen molar-refractivity contribution in [1.29, 1.82) is 0 Å².